The number of rotatable bonds is 36. The zero-order valence-corrected chi connectivity index (χ0v) is 47.1. The number of nitrogens with one attached hydrogen (secondary N) is 3. The normalized spacial score (nSPS) is 16.5. The standard InChI is InChI=1S/C61H82F2N8O9/c1-46-42-70(44-58(72)71-45-61(2,3)59-57(71)39-49(40-67-59)36-47-8-12-52(62)13-9-47)55(41-66-46)43-69(4)21-23-75-25-27-77-29-31-79-33-35-80-34-32-78-30-28-76-26-24-74-22-20-65-56(38-48-6-5-7-53(63)37-48)60(73)68-54-14-10-50(11-15-54)51-16-18-64-19-17-51/h5-19,37,39-40,46,55-56,65-66H,20-36,38,41-45H2,1-4H3,(H,68,73)/t46-,55-,56-/m1/s1. The van der Waals surface area contributed by atoms with Crippen LogP contribution in [0.25, 0.3) is 11.1 Å². The van der Waals surface area contributed by atoms with Gasteiger partial charge in [-0.3, -0.25) is 24.5 Å². The van der Waals surface area contributed by atoms with Gasteiger partial charge in [0.2, 0.25) is 11.8 Å². The van der Waals surface area contributed by atoms with Crippen molar-refractivity contribution in [2.45, 2.75) is 57.2 Å². The van der Waals surface area contributed by atoms with E-state index in [4.69, 9.17) is 38.1 Å². The number of fused-ring (bicyclic) bond motifs is 1. The lowest BCUT2D eigenvalue weighted by atomic mass is 9.91. The van der Waals surface area contributed by atoms with Gasteiger partial charge < -0.3 is 58.9 Å². The Bertz CT molecular complexity index is 2610. The molecule has 7 rings (SSSR count). The lowest BCUT2D eigenvalue weighted by Gasteiger charge is -2.41. The summed E-state index contributed by atoms with van der Waals surface area (Å²) in [6.07, 6.45) is 6.28. The molecule has 434 valence electrons. The molecule has 80 heavy (non-hydrogen) atoms. The molecule has 3 atom stereocenters. The highest BCUT2D eigenvalue weighted by molar-refractivity contribution is 5.97. The highest BCUT2D eigenvalue weighted by atomic mass is 19.1. The van der Waals surface area contributed by atoms with E-state index in [1.54, 1.807) is 36.7 Å². The van der Waals surface area contributed by atoms with Crippen LogP contribution in [0.5, 0.6) is 0 Å². The van der Waals surface area contributed by atoms with Crippen LogP contribution in [0.15, 0.2) is 110 Å². The number of anilines is 2. The van der Waals surface area contributed by atoms with E-state index in [9.17, 15) is 18.4 Å². The minimum atomic E-state index is -0.609. The molecule has 17 nitrogen and oxygen atoms in total. The third-order valence-corrected chi connectivity index (χ3v) is 13.9. The summed E-state index contributed by atoms with van der Waals surface area (Å²) >= 11 is 0. The fourth-order valence-electron chi connectivity index (χ4n) is 9.67. The van der Waals surface area contributed by atoms with Crippen LogP contribution in [0.1, 0.15) is 43.2 Å². The molecule has 2 aliphatic rings. The maximum Gasteiger partial charge on any atom is 0.241 e. The topological polar surface area (TPSA) is 170 Å². The molecule has 0 bridgehead atoms. The number of carbonyl (C=O) groups excluding carboxylic acids is 2. The lowest BCUT2D eigenvalue weighted by molar-refractivity contribution is -0.121. The SMILES string of the molecule is C[C@@H]1CN(CC(=O)N2CC(C)(C)c3ncc(Cc4ccc(F)cc4)cc32)[C@@H](CN(C)CCOCCOCCOCCOCCOCCOCCOCCN[C@H](Cc2cccc(F)c2)C(=O)Nc2ccc(-c3ccncc3)cc2)CN1. The first-order valence-corrected chi connectivity index (χ1v) is 27.9. The second-order valence-corrected chi connectivity index (χ2v) is 21.0. The molecule has 19 heteroatoms. The number of benzene rings is 3. The van der Waals surface area contributed by atoms with E-state index < -0.39 is 6.04 Å². The molecule has 0 saturated carbocycles. The first-order chi connectivity index (χ1) is 38.9. The summed E-state index contributed by atoms with van der Waals surface area (Å²) < 4.78 is 67.2. The zero-order chi connectivity index (χ0) is 56.4. The van der Waals surface area contributed by atoms with Crippen molar-refractivity contribution in [2.24, 2.45) is 0 Å². The Morgan fingerprint density at radius 3 is 1.95 bits per heavy atom. The van der Waals surface area contributed by atoms with Crippen molar-refractivity contribution in [1.82, 2.24) is 30.4 Å². The van der Waals surface area contributed by atoms with Gasteiger partial charge in [0, 0.05) is 81.0 Å². The summed E-state index contributed by atoms with van der Waals surface area (Å²) in [5.41, 5.74) is 6.93. The number of hydrogen-bond acceptors (Lipinski definition) is 15. The number of hydrogen-bond donors (Lipinski definition) is 3. The Kier molecular flexibility index (Phi) is 25.8. The van der Waals surface area contributed by atoms with E-state index in [0.29, 0.717) is 136 Å². The van der Waals surface area contributed by atoms with Crippen LogP contribution < -0.4 is 20.9 Å². The molecule has 0 unspecified atom stereocenters. The summed E-state index contributed by atoms with van der Waals surface area (Å²) in [5, 5.41) is 9.85. The number of aromatic nitrogens is 2. The fourth-order valence-corrected chi connectivity index (χ4v) is 9.67. The number of carbonyl (C=O) groups is 2. The summed E-state index contributed by atoms with van der Waals surface area (Å²) in [6.45, 7) is 17.1. The largest absolute Gasteiger partial charge is 0.378 e. The molecule has 2 aliphatic heterocycles. The maximum atomic E-state index is 14.1. The molecule has 1 saturated heterocycles. The fraction of sp³-hybridized carbons (Fsp3) is 0.508. The van der Waals surface area contributed by atoms with Crippen molar-refractivity contribution in [1.29, 1.82) is 0 Å². The van der Waals surface area contributed by atoms with Gasteiger partial charge >= 0.3 is 0 Å². The number of pyridine rings is 2. The van der Waals surface area contributed by atoms with Crippen LogP contribution in [-0.4, -0.2) is 195 Å². The number of piperazine rings is 1. The monoisotopic (exact) mass is 1110 g/mol. The second-order valence-electron chi connectivity index (χ2n) is 21.0. The average molecular weight is 1110 g/mol. The minimum Gasteiger partial charge on any atom is -0.378 e. The van der Waals surface area contributed by atoms with E-state index >= 15 is 0 Å². The van der Waals surface area contributed by atoms with Gasteiger partial charge in [-0.15, -0.1) is 0 Å². The van der Waals surface area contributed by atoms with E-state index in [2.05, 4.69) is 64.6 Å². The predicted octanol–water partition coefficient (Wildman–Crippen LogP) is 6.19. The van der Waals surface area contributed by atoms with Crippen LogP contribution >= 0.6 is 0 Å². The van der Waals surface area contributed by atoms with Gasteiger partial charge in [-0.1, -0.05) is 50.2 Å². The Balaban J connectivity index is 0.649. The van der Waals surface area contributed by atoms with Crippen LogP contribution in [-0.2, 0) is 61.0 Å². The van der Waals surface area contributed by atoms with Gasteiger partial charge in [0.1, 0.15) is 11.6 Å². The Hall–Kier alpha value is -5.68. The van der Waals surface area contributed by atoms with Crippen LogP contribution in [0.2, 0.25) is 0 Å². The van der Waals surface area contributed by atoms with E-state index in [1.165, 1.54) is 24.3 Å². The van der Waals surface area contributed by atoms with Gasteiger partial charge in [-0.05, 0) is 109 Å². The third kappa shape index (κ3) is 21.0. The number of amides is 2. The van der Waals surface area contributed by atoms with Crippen molar-refractivity contribution in [3.63, 3.8) is 0 Å². The Morgan fingerprint density at radius 2 is 1.32 bits per heavy atom. The molecule has 5 aromatic rings. The van der Waals surface area contributed by atoms with Crippen molar-refractivity contribution in [3.05, 3.63) is 144 Å². The first-order valence-electron chi connectivity index (χ1n) is 27.9. The number of ether oxygens (including phenoxy) is 7. The Labute approximate surface area is 471 Å². The lowest BCUT2D eigenvalue weighted by Crippen LogP contribution is -2.60. The van der Waals surface area contributed by atoms with E-state index in [0.717, 1.165) is 59.8 Å². The number of nitrogens with zero attached hydrogens (tertiary/aromatic N) is 5. The molecular weight excluding hydrogens is 1030 g/mol. The summed E-state index contributed by atoms with van der Waals surface area (Å²) in [7, 11) is 2.09. The molecule has 3 aromatic carbocycles. The van der Waals surface area contributed by atoms with Gasteiger partial charge in [-0.2, -0.15) is 0 Å². The Morgan fingerprint density at radius 1 is 0.725 bits per heavy atom. The number of likely N-dealkylation sites (N-methyl/N-ethyl adjacent to an activating group) is 1. The van der Waals surface area contributed by atoms with Gasteiger partial charge in [0.05, 0.1) is 116 Å². The van der Waals surface area contributed by atoms with Gasteiger partial charge in [0.25, 0.3) is 0 Å². The predicted molar refractivity (Wildman–Crippen MR) is 305 cm³/mol. The summed E-state index contributed by atoms with van der Waals surface area (Å²) in [5.74, 6) is -0.764. The van der Waals surface area contributed by atoms with Gasteiger partial charge in [0.15, 0.2) is 0 Å². The molecule has 0 radical (unpaired) electrons. The maximum absolute atomic E-state index is 14.1. The molecule has 4 heterocycles. The summed E-state index contributed by atoms with van der Waals surface area (Å²) in [4.78, 5) is 42.9. The van der Waals surface area contributed by atoms with Crippen LogP contribution in [0, 0.1) is 11.6 Å². The molecule has 0 spiro atoms. The summed E-state index contributed by atoms with van der Waals surface area (Å²) in [6, 6.07) is 26.1. The first kappa shape index (κ1) is 61.9. The van der Waals surface area contributed by atoms with E-state index in [-0.39, 0.29) is 40.9 Å². The molecule has 2 aromatic heterocycles. The van der Waals surface area contributed by atoms with Gasteiger partial charge in [-0.25, -0.2) is 8.78 Å². The molecule has 0 aliphatic carbocycles. The van der Waals surface area contributed by atoms with Crippen LogP contribution in [0.3, 0.4) is 0 Å². The third-order valence-electron chi connectivity index (χ3n) is 13.9. The highest BCUT2D eigenvalue weighted by Crippen LogP contribution is 2.40. The smallest absolute Gasteiger partial charge is 0.241 e. The van der Waals surface area contributed by atoms with Crippen molar-refractivity contribution in [2.75, 3.05) is 156 Å². The average Bonchev–Trinajstić information content (AvgIpc) is 3.89. The molecule has 2 amide bonds. The quantitative estimate of drug-likeness (QED) is 0.0388. The second kappa shape index (κ2) is 33.3. The van der Waals surface area contributed by atoms with Crippen molar-refractivity contribution < 1.29 is 51.5 Å². The number of halogens is 2. The highest BCUT2D eigenvalue weighted by Gasteiger charge is 2.41. The van der Waals surface area contributed by atoms with E-state index in [1.807, 2.05) is 47.5 Å². The molecule has 3 N–H and O–H groups in total. The molecular formula is C61H82F2N8O9. The van der Waals surface area contributed by atoms with Crippen molar-refractivity contribution >= 4 is 23.2 Å². The minimum absolute atomic E-state index is 0.0730. The molecule has 1 fully saturated rings. The zero-order valence-electron chi connectivity index (χ0n) is 47.1. The van der Waals surface area contributed by atoms with Crippen molar-refractivity contribution in [3.8, 4) is 11.1 Å². The van der Waals surface area contributed by atoms with Crippen LogP contribution in [0.4, 0.5) is 20.2 Å².